The summed E-state index contributed by atoms with van der Waals surface area (Å²) < 4.78 is 0. The summed E-state index contributed by atoms with van der Waals surface area (Å²) in [5.74, 6) is -0.746. The Bertz CT molecular complexity index is 434. The molecule has 1 amide bonds. The highest BCUT2D eigenvalue weighted by Gasteiger charge is 2.25. The van der Waals surface area contributed by atoms with Crippen molar-refractivity contribution in [2.24, 2.45) is 16.8 Å². The molecule has 1 unspecified atom stereocenters. The van der Waals surface area contributed by atoms with Gasteiger partial charge in [-0.2, -0.15) is 0 Å². The number of hydrogen-bond acceptors (Lipinski definition) is 4. The Balaban J connectivity index is 2.74. The zero-order valence-electron chi connectivity index (χ0n) is 11.3. The van der Waals surface area contributed by atoms with Gasteiger partial charge in [-0.05, 0) is 24.1 Å². The Morgan fingerprint density at radius 1 is 1.53 bits per heavy atom. The predicted molar refractivity (Wildman–Crippen MR) is 72.5 cm³/mol. The predicted octanol–water partition coefficient (Wildman–Crippen LogP) is 1.20. The molecule has 6 nitrogen and oxygen atoms in total. The van der Waals surface area contributed by atoms with Crippen LogP contribution in [0.25, 0.3) is 0 Å². The fourth-order valence-electron chi connectivity index (χ4n) is 1.86. The maximum atomic E-state index is 12.3. The second-order valence-corrected chi connectivity index (χ2v) is 4.42. The minimum atomic E-state index is -0.568. The van der Waals surface area contributed by atoms with Gasteiger partial charge in [0.05, 0.1) is 5.92 Å². The van der Waals surface area contributed by atoms with Crippen LogP contribution in [0.2, 0.25) is 0 Å². The Labute approximate surface area is 112 Å². The van der Waals surface area contributed by atoms with Gasteiger partial charge in [0.15, 0.2) is 5.84 Å². The van der Waals surface area contributed by atoms with Gasteiger partial charge < -0.3 is 15.8 Å². The van der Waals surface area contributed by atoms with Crippen molar-refractivity contribution < 1.29 is 10.0 Å². The Kier molecular flexibility index (Phi) is 5.78. The molecule has 6 heteroatoms. The van der Waals surface area contributed by atoms with Crippen molar-refractivity contribution in [2.75, 3.05) is 7.05 Å². The molecule has 3 N–H and O–H groups in total. The smallest absolute Gasteiger partial charge is 0.233 e. The van der Waals surface area contributed by atoms with Crippen LogP contribution >= 0.6 is 0 Å². The molecule has 0 aliphatic rings. The number of carbonyl (C=O) groups is 1. The van der Waals surface area contributed by atoms with Crippen LogP contribution in [-0.4, -0.2) is 33.9 Å². The van der Waals surface area contributed by atoms with Crippen LogP contribution in [0.15, 0.2) is 29.7 Å². The van der Waals surface area contributed by atoms with Crippen molar-refractivity contribution in [3.8, 4) is 0 Å². The summed E-state index contributed by atoms with van der Waals surface area (Å²) in [6.45, 7) is 2.42. The maximum Gasteiger partial charge on any atom is 0.233 e. The minimum Gasteiger partial charge on any atom is -0.409 e. The van der Waals surface area contributed by atoms with E-state index in [1.54, 1.807) is 24.3 Å². The largest absolute Gasteiger partial charge is 0.409 e. The first-order valence-electron chi connectivity index (χ1n) is 6.21. The van der Waals surface area contributed by atoms with Gasteiger partial charge >= 0.3 is 0 Å². The third-order valence-electron chi connectivity index (χ3n) is 2.89. The molecule has 1 rings (SSSR count). The van der Waals surface area contributed by atoms with Crippen LogP contribution in [0, 0.1) is 5.92 Å². The average molecular weight is 264 g/mol. The summed E-state index contributed by atoms with van der Waals surface area (Å²) in [7, 11) is 1.70. The van der Waals surface area contributed by atoms with E-state index in [4.69, 9.17) is 10.9 Å². The van der Waals surface area contributed by atoms with Gasteiger partial charge in [-0.3, -0.25) is 9.78 Å². The van der Waals surface area contributed by atoms with Gasteiger partial charge in [-0.25, -0.2) is 0 Å². The zero-order chi connectivity index (χ0) is 14.3. The van der Waals surface area contributed by atoms with E-state index in [0.717, 1.165) is 12.0 Å². The van der Waals surface area contributed by atoms with Crippen LogP contribution in [0.3, 0.4) is 0 Å². The summed E-state index contributed by atoms with van der Waals surface area (Å²) in [5, 5.41) is 11.7. The number of rotatable bonds is 6. The molecule has 0 aliphatic carbocycles. The summed E-state index contributed by atoms with van der Waals surface area (Å²) in [4.78, 5) is 17.8. The number of carbonyl (C=O) groups excluding carboxylic acids is 1. The van der Waals surface area contributed by atoms with Crippen LogP contribution in [0.1, 0.15) is 25.3 Å². The van der Waals surface area contributed by atoms with Crippen molar-refractivity contribution in [1.82, 2.24) is 9.88 Å². The van der Waals surface area contributed by atoms with E-state index in [9.17, 15) is 4.79 Å². The minimum absolute atomic E-state index is 0.0339. The second-order valence-electron chi connectivity index (χ2n) is 4.42. The number of oxime groups is 1. The maximum absolute atomic E-state index is 12.3. The molecule has 0 aliphatic heterocycles. The lowest BCUT2D eigenvalue weighted by Gasteiger charge is -2.22. The van der Waals surface area contributed by atoms with E-state index < -0.39 is 5.92 Å². The molecule has 0 saturated heterocycles. The van der Waals surface area contributed by atoms with Crippen molar-refractivity contribution >= 4 is 11.7 Å². The van der Waals surface area contributed by atoms with Gasteiger partial charge in [0, 0.05) is 26.0 Å². The number of amides is 1. The molecule has 0 radical (unpaired) electrons. The molecule has 1 heterocycles. The third kappa shape index (κ3) is 4.24. The lowest BCUT2D eigenvalue weighted by molar-refractivity contribution is -0.132. The standard InChI is InChI=1S/C13H20N4O2/c1-3-4-11(12(14)16-19)13(18)17(2)9-10-5-7-15-8-6-10/h5-8,11,19H,3-4,9H2,1-2H3,(H2,14,16). The van der Waals surface area contributed by atoms with Gasteiger partial charge in [0.25, 0.3) is 0 Å². The number of amidine groups is 1. The van der Waals surface area contributed by atoms with Gasteiger partial charge in [0.2, 0.25) is 5.91 Å². The van der Waals surface area contributed by atoms with Crippen LogP contribution in [-0.2, 0) is 11.3 Å². The Hall–Kier alpha value is -2.11. The molecule has 0 fully saturated rings. The van der Waals surface area contributed by atoms with E-state index in [1.807, 2.05) is 19.1 Å². The summed E-state index contributed by atoms with van der Waals surface area (Å²) in [6.07, 6.45) is 4.71. The topological polar surface area (TPSA) is 91.8 Å². The molecule has 0 bridgehead atoms. The SMILES string of the molecule is CCCC(C(=O)N(C)Cc1ccncc1)C(N)=NO. The number of hydrogen-bond donors (Lipinski definition) is 2. The summed E-state index contributed by atoms with van der Waals surface area (Å²) in [6, 6.07) is 3.70. The fourth-order valence-corrected chi connectivity index (χ4v) is 1.86. The van der Waals surface area contributed by atoms with E-state index in [0.29, 0.717) is 13.0 Å². The molecule has 1 aromatic heterocycles. The van der Waals surface area contributed by atoms with Crippen molar-refractivity contribution in [3.63, 3.8) is 0 Å². The number of nitrogens with two attached hydrogens (primary N) is 1. The fraction of sp³-hybridized carbons (Fsp3) is 0.462. The van der Waals surface area contributed by atoms with Gasteiger partial charge in [-0.1, -0.05) is 18.5 Å². The average Bonchev–Trinajstić information content (AvgIpc) is 2.44. The van der Waals surface area contributed by atoms with Crippen molar-refractivity contribution in [3.05, 3.63) is 30.1 Å². The van der Waals surface area contributed by atoms with E-state index >= 15 is 0 Å². The van der Waals surface area contributed by atoms with Crippen LogP contribution in [0.5, 0.6) is 0 Å². The number of aromatic nitrogens is 1. The second kappa shape index (κ2) is 7.35. The third-order valence-corrected chi connectivity index (χ3v) is 2.89. The lowest BCUT2D eigenvalue weighted by Crippen LogP contribution is -2.39. The monoisotopic (exact) mass is 264 g/mol. The molecule has 1 aromatic rings. The molecular formula is C13H20N4O2. The van der Waals surface area contributed by atoms with Crippen molar-refractivity contribution in [1.29, 1.82) is 0 Å². The molecular weight excluding hydrogens is 244 g/mol. The van der Waals surface area contributed by atoms with Crippen LogP contribution < -0.4 is 5.73 Å². The first kappa shape index (κ1) is 14.9. The first-order chi connectivity index (χ1) is 9.10. The highest BCUT2D eigenvalue weighted by atomic mass is 16.4. The zero-order valence-corrected chi connectivity index (χ0v) is 11.3. The molecule has 0 aromatic carbocycles. The molecule has 0 spiro atoms. The quantitative estimate of drug-likeness (QED) is 0.349. The Morgan fingerprint density at radius 2 is 2.16 bits per heavy atom. The molecule has 104 valence electrons. The summed E-state index contributed by atoms with van der Waals surface area (Å²) in [5.41, 5.74) is 6.56. The van der Waals surface area contributed by atoms with E-state index in [2.05, 4.69) is 10.1 Å². The van der Waals surface area contributed by atoms with Gasteiger partial charge in [-0.15, -0.1) is 0 Å². The number of pyridine rings is 1. The summed E-state index contributed by atoms with van der Waals surface area (Å²) >= 11 is 0. The molecule has 0 saturated carbocycles. The molecule has 1 atom stereocenters. The van der Waals surface area contributed by atoms with E-state index in [1.165, 1.54) is 0 Å². The lowest BCUT2D eigenvalue weighted by atomic mass is 10.0. The first-order valence-corrected chi connectivity index (χ1v) is 6.21. The Morgan fingerprint density at radius 3 is 2.68 bits per heavy atom. The van der Waals surface area contributed by atoms with E-state index in [-0.39, 0.29) is 11.7 Å². The highest BCUT2D eigenvalue weighted by Crippen LogP contribution is 2.12. The highest BCUT2D eigenvalue weighted by molar-refractivity contribution is 6.01. The number of nitrogens with zero attached hydrogens (tertiary/aromatic N) is 3. The van der Waals surface area contributed by atoms with Crippen LogP contribution in [0.4, 0.5) is 0 Å². The van der Waals surface area contributed by atoms with Crippen molar-refractivity contribution in [2.45, 2.75) is 26.3 Å². The van der Waals surface area contributed by atoms with Gasteiger partial charge in [0.1, 0.15) is 0 Å². The molecule has 19 heavy (non-hydrogen) atoms. The normalized spacial score (nSPS) is 13.1.